The Morgan fingerprint density at radius 3 is 1.85 bits per heavy atom. The van der Waals surface area contributed by atoms with Crippen molar-refractivity contribution in [2.75, 3.05) is 6.61 Å². The van der Waals surface area contributed by atoms with E-state index < -0.39 is 171 Å². The maximum Gasteiger partial charge on any atom is 0.311 e. The summed E-state index contributed by atoms with van der Waals surface area (Å²) >= 11 is 0. The first kappa shape index (κ1) is 66.1. The van der Waals surface area contributed by atoms with Gasteiger partial charge < -0.3 is 92.6 Å². The van der Waals surface area contributed by atoms with Crippen LogP contribution in [0.3, 0.4) is 0 Å². The molecular weight excluding hydrogens is 1030 g/mol. The van der Waals surface area contributed by atoms with Crippen molar-refractivity contribution in [3.05, 3.63) is 0 Å². The molecule has 0 amide bonds. The van der Waals surface area contributed by atoms with Gasteiger partial charge in [0.25, 0.3) is 0 Å². The van der Waals surface area contributed by atoms with Crippen LogP contribution in [0.2, 0.25) is 0 Å². The average Bonchev–Trinajstić information content (AvgIpc) is 3.45. The number of unbranched alkanes of at least 4 members (excludes halogenated alkanes) is 2. The number of aliphatic hydroxyl groups is 7. The summed E-state index contributed by atoms with van der Waals surface area (Å²) in [7, 11) is 0. The van der Waals surface area contributed by atoms with Crippen LogP contribution in [0.15, 0.2) is 0 Å². The number of hydrogen-bond donors (Lipinski definition) is 7. The zero-order valence-corrected chi connectivity index (χ0v) is 47.4. The molecule has 452 valence electrons. The molecule has 78 heavy (non-hydrogen) atoms. The second-order valence-electron chi connectivity index (χ2n) is 22.6. The molecular formula is C55H94O23. The van der Waals surface area contributed by atoms with E-state index >= 15 is 0 Å². The van der Waals surface area contributed by atoms with E-state index in [0.717, 1.165) is 51.4 Å². The predicted molar refractivity (Wildman–Crippen MR) is 273 cm³/mol. The Bertz CT molecular complexity index is 1820. The van der Waals surface area contributed by atoms with Gasteiger partial charge in [-0.15, -0.1) is 0 Å². The second kappa shape index (κ2) is 31.6. The van der Waals surface area contributed by atoms with Crippen LogP contribution < -0.4 is 0 Å². The topological polar surface area (TPSA) is 321 Å². The average molecular weight is 1120 g/mol. The monoisotopic (exact) mass is 1120 g/mol. The number of aliphatic hydroxyl groups excluding tert-OH is 7. The first-order valence-electron chi connectivity index (χ1n) is 28.7. The maximum atomic E-state index is 14.1. The minimum atomic E-state index is -2.02. The van der Waals surface area contributed by atoms with Gasteiger partial charge >= 0.3 is 23.9 Å². The lowest BCUT2D eigenvalue weighted by Crippen LogP contribution is -2.68. The molecule has 0 aliphatic carbocycles. The third-order valence-corrected chi connectivity index (χ3v) is 15.5. The summed E-state index contributed by atoms with van der Waals surface area (Å²) in [5.74, 6) is -4.72. The van der Waals surface area contributed by atoms with Crippen molar-refractivity contribution in [3.8, 4) is 0 Å². The lowest BCUT2D eigenvalue weighted by Gasteiger charge is -2.50. The van der Waals surface area contributed by atoms with Crippen molar-refractivity contribution < 1.29 is 112 Å². The van der Waals surface area contributed by atoms with E-state index in [-0.39, 0.29) is 24.9 Å². The van der Waals surface area contributed by atoms with E-state index in [1.165, 1.54) is 27.7 Å². The molecule has 0 aromatic rings. The van der Waals surface area contributed by atoms with Gasteiger partial charge in [0.05, 0.1) is 42.4 Å². The third-order valence-electron chi connectivity index (χ3n) is 15.5. The van der Waals surface area contributed by atoms with Gasteiger partial charge in [0.15, 0.2) is 43.5 Å². The molecule has 0 aromatic carbocycles. The quantitative estimate of drug-likeness (QED) is 0.0663. The molecule has 2 bridgehead atoms. The molecule has 5 heterocycles. The Balaban J connectivity index is 1.58. The van der Waals surface area contributed by atoms with Crippen LogP contribution in [-0.2, 0) is 76.0 Å². The first-order valence-corrected chi connectivity index (χ1v) is 28.7. The van der Waals surface area contributed by atoms with Crippen molar-refractivity contribution in [2.45, 2.75) is 301 Å². The first-order chi connectivity index (χ1) is 37.0. The van der Waals surface area contributed by atoms with Gasteiger partial charge in [0.1, 0.15) is 67.6 Å². The van der Waals surface area contributed by atoms with Crippen molar-refractivity contribution in [2.24, 2.45) is 17.8 Å². The van der Waals surface area contributed by atoms with Crippen LogP contribution in [0, 0.1) is 17.8 Å². The SMILES string of the molecule is CCCCCC1CCCCCCCCCC(=O)O[C@@H]2[C@@H](O[C@H]3O[C@H](C)[C@@H](OC(=O)C(C)CC)[C@H](O)[C@H]3O)[C@H](C)O[C@@H](O[C@H]3[C@H](O[C@H]4[C@H](O1)O[C@H](C)[C@@H](O)[C@@H]4O)O[C@H](COC(=O)C(C)C(C)O)[C@@H](O)[C@@H]3O)[C@@H]2OC(=O)CC(C)C. The normalized spacial score (nSPS) is 40.1. The van der Waals surface area contributed by atoms with Crippen LogP contribution in [-0.4, -0.2) is 201 Å². The molecule has 5 fully saturated rings. The van der Waals surface area contributed by atoms with Crippen LogP contribution in [0.1, 0.15) is 166 Å². The minimum absolute atomic E-state index is 0.0639. The zero-order valence-electron chi connectivity index (χ0n) is 47.4. The second-order valence-corrected chi connectivity index (χ2v) is 22.6. The van der Waals surface area contributed by atoms with Crippen molar-refractivity contribution in [1.29, 1.82) is 0 Å². The van der Waals surface area contributed by atoms with E-state index in [1.807, 2.05) is 0 Å². The van der Waals surface area contributed by atoms with Crippen LogP contribution in [0.5, 0.6) is 0 Å². The summed E-state index contributed by atoms with van der Waals surface area (Å²) in [5, 5.41) is 80.0. The highest BCUT2D eigenvalue weighted by Gasteiger charge is 2.58. The van der Waals surface area contributed by atoms with E-state index in [0.29, 0.717) is 32.1 Å². The van der Waals surface area contributed by atoms with Gasteiger partial charge in [-0.1, -0.05) is 92.4 Å². The van der Waals surface area contributed by atoms with E-state index in [1.54, 1.807) is 34.6 Å². The van der Waals surface area contributed by atoms with Gasteiger partial charge in [-0.3, -0.25) is 19.2 Å². The minimum Gasteiger partial charge on any atom is -0.463 e. The van der Waals surface area contributed by atoms with Gasteiger partial charge in [-0.2, -0.15) is 0 Å². The van der Waals surface area contributed by atoms with Crippen molar-refractivity contribution in [1.82, 2.24) is 0 Å². The van der Waals surface area contributed by atoms with Gasteiger partial charge in [-0.05, 0) is 66.2 Å². The summed E-state index contributed by atoms with van der Waals surface area (Å²) in [6.07, 6.45) is -23.5. The zero-order chi connectivity index (χ0) is 57.5. The Labute approximate surface area is 459 Å². The van der Waals surface area contributed by atoms with E-state index in [4.69, 9.17) is 56.8 Å². The molecule has 24 atom stereocenters. The summed E-state index contributed by atoms with van der Waals surface area (Å²) in [6.45, 7) is 15.8. The van der Waals surface area contributed by atoms with E-state index in [2.05, 4.69) is 6.92 Å². The molecule has 5 saturated heterocycles. The fourth-order valence-corrected chi connectivity index (χ4v) is 10.1. The molecule has 0 radical (unpaired) electrons. The third kappa shape index (κ3) is 18.1. The lowest BCUT2D eigenvalue weighted by atomic mass is 9.95. The van der Waals surface area contributed by atoms with Crippen LogP contribution >= 0.6 is 0 Å². The molecule has 5 rings (SSSR count). The van der Waals surface area contributed by atoms with Gasteiger partial charge in [0, 0.05) is 12.8 Å². The molecule has 7 N–H and O–H groups in total. The lowest BCUT2D eigenvalue weighted by molar-refractivity contribution is -0.399. The number of esters is 4. The molecule has 5 aliphatic heterocycles. The maximum absolute atomic E-state index is 14.1. The van der Waals surface area contributed by atoms with Gasteiger partial charge in [-0.25, -0.2) is 0 Å². The smallest absolute Gasteiger partial charge is 0.311 e. The number of carbonyl (C=O) groups excluding carboxylic acids is 4. The van der Waals surface area contributed by atoms with Crippen molar-refractivity contribution >= 4 is 23.9 Å². The highest BCUT2D eigenvalue weighted by atomic mass is 16.8. The molecule has 4 unspecified atom stereocenters. The predicted octanol–water partition coefficient (Wildman–Crippen LogP) is 3.14. The Kier molecular flexibility index (Phi) is 26.8. The highest BCUT2D eigenvalue weighted by molar-refractivity contribution is 5.73. The number of rotatable bonds is 16. The number of carbonyl (C=O) groups is 4. The van der Waals surface area contributed by atoms with Gasteiger partial charge in [0.2, 0.25) is 0 Å². The number of ether oxygens (including phenoxy) is 12. The summed E-state index contributed by atoms with van der Waals surface area (Å²) in [4.78, 5) is 53.7. The van der Waals surface area contributed by atoms with Crippen LogP contribution in [0.4, 0.5) is 0 Å². The summed E-state index contributed by atoms with van der Waals surface area (Å²) < 4.78 is 74.6. The van der Waals surface area contributed by atoms with Crippen LogP contribution in [0.25, 0.3) is 0 Å². The molecule has 0 saturated carbocycles. The summed E-state index contributed by atoms with van der Waals surface area (Å²) in [5.41, 5.74) is 0. The van der Waals surface area contributed by atoms with Crippen molar-refractivity contribution in [3.63, 3.8) is 0 Å². The number of hydrogen-bond acceptors (Lipinski definition) is 23. The molecule has 0 aromatic heterocycles. The Morgan fingerprint density at radius 1 is 0.603 bits per heavy atom. The highest BCUT2D eigenvalue weighted by Crippen LogP contribution is 2.38. The van der Waals surface area contributed by atoms with E-state index in [9.17, 15) is 54.9 Å². The Hall–Kier alpha value is -2.72. The molecule has 23 nitrogen and oxygen atoms in total. The standard InChI is InChI=1S/C55H94O23/c1-11-13-19-22-34-23-20-17-15-14-16-18-21-24-36(57)73-48-45(76-52-43(64)42(63)44(32(9)69-52)75-50(65)28(5)12-2)33(10)70-55(49(48)74-37(58)25-27(3)4)78-47-41(62)39(60)35(26-67-51(66)29(6)30(7)56)72-54(47)77-46-40(61)38(59)31(8)68-53(46)71-34/h27-35,38-49,52-56,59-64H,11-26H2,1-10H3/t28?,29?,30?,31-,32-,33+,34?,35-,38-,39-,40+,41+,42-,43-,44-,45+,46-,47-,48-,49-,52-,53+,54+,55+/m1/s1. The molecule has 0 spiro atoms. The summed E-state index contributed by atoms with van der Waals surface area (Å²) in [6, 6.07) is 0. The fraction of sp³-hybridized carbons (Fsp3) is 0.927. The molecule has 23 heteroatoms. The largest absolute Gasteiger partial charge is 0.463 e. The Morgan fingerprint density at radius 2 is 1.21 bits per heavy atom. The molecule has 5 aliphatic rings. The fourth-order valence-electron chi connectivity index (χ4n) is 10.1. The number of fused-ring (bicyclic) bond motifs is 4.